The summed E-state index contributed by atoms with van der Waals surface area (Å²) in [5, 5.41) is 3.31. The lowest BCUT2D eigenvalue weighted by atomic mass is 9.94. The van der Waals surface area contributed by atoms with Crippen molar-refractivity contribution in [1.82, 2.24) is 10.2 Å². The maximum absolute atomic E-state index is 13.6. The molecule has 1 aromatic rings. The number of nitrogens with one attached hydrogen (secondary N) is 1. The Morgan fingerprint density at radius 2 is 1.90 bits per heavy atom. The van der Waals surface area contributed by atoms with E-state index < -0.39 is 28.9 Å². The molecule has 2 unspecified atom stereocenters. The van der Waals surface area contributed by atoms with Crippen LogP contribution in [0.2, 0.25) is 0 Å². The van der Waals surface area contributed by atoms with E-state index >= 15 is 0 Å². The van der Waals surface area contributed by atoms with Gasteiger partial charge < -0.3 is 10.2 Å². The van der Waals surface area contributed by atoms with E-state index in [0.717, 1.165) is 19.4 Å². The van der Waals surface area contributed by atoms with Gasteiger partial charge in [-0.2, -0.15) is 0 Å². The summed E-state index contributed by atoms with van der Waals surface area (Å²) >= 11 is 0. The first-order valence-electron chi connectivity index (χ1n) is 6.73. The Kier molecular flexibility index (Phi) is 3.41. The summed E-state index contributed by atoms with van der Waals surface area (Å²) < 4.78 is 40.2. The Bertz CT molecular complexity index is 512. The van der Waals surface area contributed by atoms with Gasteiger partial charge in [0.05, 0.1) is 0 Å². The molecule has 0 saturated carbocycles. The summed E-state index contributed by atoms with van der Waals surface area (Å²) in [6, 6.07) is 1.27. The molecule has 0 spiro atoms. The Labute approximate surface area is 114 Å². The SMILES string of the molecule is O=C(c1c(F)cc(F)cc1F)N1CC2CCCNC2C1. The second-order valence-corrected chi connectivity index (χ2v) is 5.42. The summed E-state index contributed by atoms with van der Waals surface area (Å²) in [6.07, 6.45) is 2.05. The van der Waals surface area contributed by atoms with E-state index in [9.17, 15) is 18.0 Å². The minimum atomic E-state index is -1.14. The number of hydrogen-bond acceptors (Lipinski definition) is 2. The molecule has 2 fully saturated rings. The van der Waals surface area contributed by atoms with E-state index in [-0.39, 0.29) is 6.04 Å². The van der Waals surface area contributed by atoms with E-state index in [4.69, 9.17) is 0 Å². The van der Waals surface area contributed by atoms with E-state index in [1.165, 1.54) is 4.90 Å². The van der Waals surface area contributed by atoms with Crippen LogP contribution in [0.15, 0.2) is 12.1 Å². The molecule has 20 heavy (non-hydrogen) atoms. The first kappa shape index (κ1) is 13.4. The predicted octanol–water partition coefficient (Wildman–Crippen LogP) is 1.93. The molecule has 1 amide bonds. The minimum Gasteiger partial charge on any atom is -0.337 e. The molecule has 1 N–H and O–H groups in total. The van der Waals surface area contributed by atoms with Crippen LogP contribution in [0, 0.1) is 23.4 Å². The number of rotatable bonds is 1. The fraction of sp³-hybridized carbons (Fsp3) is 0.500. The quantitative estimate of drug-likeness (QED) is 0.854. The molecule has 2 aliphatic rings. The van der Waals surface area contributed by atoms with E-state index in [2.05, 4.69) is 5.32 Å². The highest BCUT2D eigenvalue weighted by Gasteiger charge is 2.38. The highest BCUT2D eigenvalue weighted by Crippen LogP contribution is 2.27. The molecule has 6 heteroatoms. The maximum Gasteiger partial charge on any atom is 0.259 e. The fourth-order valence-corrected chi connectivity index (χ4v) is 3.12. The molecule has 0 aromatic heterocycles. The van der Waals surface area contributed by atoms with Crippen LogP contribution in [-0.2, 0) is 0 Å². The van der Waals surface area contributed by atoms with Gasteiger partial charge >= 0.3 is 0 Å². The van der Waals surface area contributed by atoms with Crippen LogP contribution in [-0.4, -0.2) is 36.5 Å². The molecule has 2 heterocycles. The third-order valence-corrected chi connectivity index (χ3v) is 4.11. The van der Waals surface area contributed by atoms with Gasteiger partial charge in [0.1, 0.15) is 23.0 Å². The van der Waals surface area contributed by atoms with Gasteiger partial charge in [0.15, 0.2) is 0 Å². The smallest absolute Gasteiger partial charge is 0.259 e. The van der Waals surface area contributed by atoms with Crippen molar-refractivity contribution in [3.05, 3.63) is 35.1 Å². The van der Waals surface area contributed by atoms with E-state index in [0.29, 0.717) is 31.1 Å². The summed E-state index contributed by atoms with van der Waals surface area (Å²) in [7, 11) is 0. The van der Waals surface area contributed by atoms with Crippen molar-refractivity contribution in [1.29, 1.82) is 0 Å². The lowest BCUT2D eigenvalue weighted by Gasteiger charge is -2.24. The van der Waals surface area contributed by atoms with Crippen LogP contribution >= 0.6 is 0 Å². The highest BCUT2D eigenvalue weighted by molar-refractivity contribution is 5.95. The standard InChI is InChI=1S/C14H15F3N2O/c15-9-4-10(16)13(11(17)5-9)14(20)19-6-8-2-1-3-18-12(8)7-19/h4-5,8,12,18H,1-3,6-7H2. The van der Waals surface area contributed by atoms with Gasteiger partial charge in [-0.15, -0.1) is 0 Å². The third-order valence-electron chi connectivity index (χ3n) is 4.11. The van der Waals surface area contributed by atoms with Gasteiger partial charge in [-0.1, -0.05) is 0 Å². The number of piperidine rings is 1. The molecule has 2 saturated heterocycles. The van der Waals surface area contributed by atoms with Crippen molar-refractivity contribution in [2.75, 3.05) is 19.6 Å². The first-order valence-corrected chi connectivity index (χ1v) is 6.73. The van der Waals surface area contributed by atoms with Crippen molar-refractivity contribution in [2.45, 2.75) is 18.9 Å². The zero-order valence-electron chi connectivity index (χ0n) is 10.8. The largest absolute Gasteiger partial charge is 0.337 e. The van der Waals surface area contributed by atoms with Crippen molar-refractivity contribution in [3.63, 3.8) is 0 Å². The number of benzene rings is 1. The minimum absolute atomic E-state index is 0.194. The number of nitrogens with zero attached hydrogens (tertiary/aromatic N) is 1. The Hall–Kier alpha value is -1.56. The first-order chi connectivity index (χ1) is 9.56. The number of carbonyl (C=O) groups is 1. The molecule has 2 atom stereocenters. The third kappa shape index (κ3) is 2.28. The molecule has 3 rings (SSSR count). The molecular formula is C14H15F3N2O. The molecule has 0 radical (unpaired) electrons. The van der Waals surface area contributed by atoms with Crippen molar-refractivity contribution in [2.24, 2.45) is 5.92 Å². The average Bonchev–Trinajstić information content (AvgIpc) is 2.81. The molecule has 0 bridgehead atoms. The Morgan fingerprint density at radius 3 is 2.55 bits per heavy atom. The molecule has 1 aromatic carbocycles. The number of amides is 1. The van der Waals surface area contributed by atoms with Crippen molar-refractivity contribution in [3.8, 4) is 0 Å². The maximum atomic E-state index is 13.6. The second kappa shape index (κ2) is 5.09. The van der Waals surface area contributed by atoms with Crippen molar-refractivity contribution >= 4 is 5.91 Å². The van der Waals surface area contributed by atoms with Gasteiger partial charge in [0, 0.05) is 31.3 Å². The topological polar surface area (TPSA) is 32.3 Å². The predicted molar refractivity (Wildman–Crippen MR) is 66.7 cm³/mol. The molecular weight excluding hydrogens is 269 g/mol. The molecule has 3 nitrogen and oxygen atoms in total. The number of likely N-dealkylation sites (tertiary alicyclic amines) is 1. The lowest BCUT2D eigenvalue weighted by molar-refractivity contribution is 0.0775. The summed E-state index contributed by atoms with van der Waals surface area (Å²) in [5.74, 6) is -3.67. The van der Waals surface area contributed by atoms with Crippen LogP contribution in [0.25, 0.3) is 0 Å². The summed E-state index contributed by atoms with van der Waals surface area (Å²) in [4.78, 5) is 13.7. The van der Waals surface area contributed by atoms with E-state index in [1.54, 1.807) is 0 Å². The Morgan fingerprint density at radius 1 is 1.20 bits per heavy atom. The summed E-state index contributed by atoms with van der Waals surface area (Å²) in [6.45, 7) is 1.84. The zero-order valence-corrected chi connectivity index (χ0v) is 10.8. The Balaban J connectivity index is 1.83. The van der Waals surface area contributed by atoms with E-state index in [1.807, 2.05) is 0 Å². The molecule has 2 aliphatic heterocycles. The second-order valence-electron chi connectivity index (χ2n) is 5.42. The number of carbonyl (C=O) groups excluding carboxylic acids is 1. The number of fused-ring (bicyclic) bond motifs is 1. The van der Waals surface area contributed by atoms with Crippen LogP contribution < -0.4 is 5.32 Å². The molecule has 108 valence electrons. The number of halogens is 3. The fourth-order valence-electron chi connectivity index (χ4n) is 3.12. The lowest BCUT2D eigenvalue weighted by Crippen LogP contribution is -2.41. The van der Waals surface area contributed by atoms with Crippen LogP contribution in [0.3, 0.4) is 0 Å². The average molecular weight is 284 g/mol. The van der Waals surface area contributed by atoms with Gasteiger partial charge in [0.25, 0.3) is 5.91 Å². The zero-order chi connectivity index (χ0) is 14.3. The van der Waals surface area contributed by atoms with Crippen LogP contribution in [0.5, 0.6) is 0 Å². The normalized spacial score (nSPS) is 25.6. The van der Waals surface area contributed by atoms with Crippen LogP contribution in [0.4, 0.5) is 13.2 Å². The van der Waals surface area contributed by atoms with Gasteiger partial charge in [-0.05, 0) is 25.3 Å². The molecule has 0 aliphatic carbocycles. The van der Waals surface area contributed by atoms with Crippen LogP contribution in [0.1, 0.15) is 23.2 Å². The van der Waals surface area contributed by atoms with Crippen molar-refractivity contribution < 1.29 is 18.0 Å². The monoisotopic (exact) mass is 284 g/mol. The van der Waals surface area contributed by atoms with Gasteiger partial charge in [-0.25, -0.2) is 13.2 Å². The highest BCUT2D eigenvalue weighted by atomic mass is 19.1. The van der Waals surface area contributed by atoms with Gasteiger partial charge in [0.2, 0.25) is 0 Å². The van der Waals surface area contributed by atoms with Gasteiger partial charge in [-0.3, -0.25) is 4.79 Å². The number of hydrogen-bond donors (Lipinski definition) is 1. The summed E-state index contributed by atoms with van der Waals surface area (Å²) in [5.41, 5.74) is -0.662.